The zero-order chi connectivity index (χ0) is 12.6. The molecule has 1 aliphatic rings. The minimum Gasteiger partial charge on any atom is -0.338 e. The number of benzene rings is 1. The summed E-state index contributed by atoms with van der Waals surface area (Å²) in [6.45, 7) is 2.64. The number of hydrogen-bond donors (Lipinski definition) is 1. The minimum atomic E-state index is -3.68. The molecule has 0 aromatic heterocycles. The number of amides is 1. The fourth-order valence-corrected chi connectivity index (χ4v) is 2.54. The first-order valence-electron chi connectivity index (χ1n) is 5.28. The molecule has 1 aliphatic heterocycles. The van der Waals surface area contributed by atoms with Crippen LogP contribution in [0.25, 0.3) is 0 Å². The molecule has 0 spiro atoms. The summed E-state index contributed by atoms with van der Waals surface area (Å²) in [4.78, 5) is 13.1. The zero-order valence-corrected chi connectivity index (χ0v) is 10.3. The van der Waals surface area contributed by atoms with Gasteiger partial charge < -0.3 is 4.90 Å². The number of primary sulfonamides is 1. The topological polar surface area (TPSA) is 80.5 Å². The molecule has 1 heterocycles. The first-order chi connectivity index (χ1) is 7.88. The van der Waals surface area contributed by atoms with Crippen LogP contribution in [0.3, 0.4) is 0 Å². The average Bonchev–Trinajstić information content (AvgIpc) is 2.26. The largest absolute Gasteiger partial charge is 0.338 e. The van der Waals surface area contributed by atoms with Crippen LogP contribution in [0.2, 0.25) is 0 Å². The molecule has 0 atom stereocenters. The van der Waals surface area contributed by atoms with Crippen LogP contribution in [0, 0.1) is 0 Å². The van der Waals surface area contributed by atoms with Gasteiger partial charge in [0.05, 0.1) is 4.90 Å². The number of nitrogens with two attached hydrogens (primary N) is 1. The van der Waals surface area contributed by atoms with Gasteiger partial charge in [-0.1, -0.05) is 6.07 Å². The van der Waals surface area contributed by atoms with Crippen LogP contribution >= 0.6 is 0 Å². The third kappa shape index (κ3) is 2.48. The molecule has 1 aromatic rings. The van der Waals surface area contributed by atoms with E-state index in [4.69, 9.17) is 5.14 Å². The third-order valence-corrected chi connectivity index (χ3v) is 3.87. The van der Waals surface area contributed by atoms with E-state index in [2.05, 4.69) is 0 Å². The van der Waals surface area contributed by atoms with Crippen molar-refractivity contribution in [2.75, 3.05) is 6.54 Å². The van der Waals surface area contributed by atoms with Gasteiger partial charge in [0.2, 0.25) is 15.9 Å². The number of nitrogens with zero attached hydrogens (tertiary/aromatic N) is 1. The van der Waals surface area contributed by atoms with E-state index in [1.165, 1.54) is 13.0 Å². The van der Waals surface area contributed by atoms with Gasteiger partial charge in [0.25, 0.3) is 0 Å². The highest BCUT2D eigenvalue weighted by Crippen LogP contribution is 2.21. The molecule has 1 amide bonds. The van der Waals surface area contributed by atoms with Gasteiger partial charge in [-0.3, -0.25) is 4.79 Å². The Hall–Kier alpha value is -1.40. The highest BCUT2D eigenvalue weighted by molar-refractivity contribution is 7.89. The molecule has 0 saturated carbocycles. The second kappa shape index (κ2) is 4.12. The highest BCUT2D eigenvalue weighted by atomic mass is 32.2. The van der Waals surface area contributed by atoms with Crippen molar-refractivity contribution in [1.29, 1.82) is 0 Å². The summed E-state index contributed by atoms with van der Waals surface area (Å²) in [6, 6.07) is 4.84. The summed E-state index contributed by atoms with van der Waals surface area (Å²) in [6.07, 6.45) is 0.750. The molecular formula is C11H14N2O3S. The minimum absolute atomic E-state index is 0.00309. The van der Waals surface area contributed by atoms with Gasteiger partial charge >= 0.3 is 0 Å². The Labute approximate surface area is 100 Å². The normalized spacial score (nSPS) is 15.5. The number of fused-ring (bicyclic) bond motifs is 1. The summed E-state index contributed by atoms with van der Waals surface area (Å²) >= 11 is 0. The van der Waals surface area contributed by atoms with E-state index in [0.29, 0.717) is 13.1 Å². The van der Waals surface area contributed by atoms with Crippen LogP contribution in [0.1, 0.15) is 18.1 Å². The van der Waals surface area contributed by atoms with Gasteiger partial charge in [-0.25, -0.2) is 13.6 Å². The van der Waals surface area contributed by atoms with E-state index in [0.717, 1.165) is 17.5 Å². The molecule has 0 saturated heterocycles. The Morgan fingerprint density at radius 3 is 2.65 bits per heavy atom. The molecule has 0 fully saturated rings. The van der Waals surface area contributed by atoms with Crippen molar-refractivity contribution in [2.45, 2.75) is 24.8 Å². The number of carbonyl (C=O) groups excluding carboxylic acids is 1. The van der Waals surface area contributed by atoms with Crippen LogP contribution in [0.5, 0.6) is 0 Å². The molecular weight excluding hydrogens is 240 g/mol. The molecule has 0 bridgehead atoms. The SMILES string of the molecule is CC(=O)N1CCc2ccc(S(N)(=O)=O)cc2C1. The summed E-state index contributed by atoms with van der Waals surface area (Å²) in [5.74, 6) is -0.00309. The van der Waals surface area contributed by atoms with Crippen molar-refractivity contribution < 1.29 is 13.2 Å². The molecule has 0 unspecified atom stereocenters. The predicted octanol–water partition coefficient (Wildman–Crippen LogP) is 0.239. The zero-order valence-electron chi connectivity index (χ0n) is 9.51. The lowest BCUT2D eigenvalue weighted by molar-refractivity contribution is -0.129. The number of hydrogen-bond acceptors (Lipinski definition) is 3. The van der Waals surface area contributed by atoms with Crippen molar-refractivity contribution in [2.24, 2.45) is 5.14 Å². The predicted molar refractivity (Wildman–Crippen MR) is 62.6 cm³/mol. The summed E-state index contributed by atoms with van der Waals surface area (Å²) < 4.78 is 22.5. The van der Waals surface area contributed by atoms with Crippen molar-refractivity contribution in [3.63, 3.8) is 0 Å². The third-order valence-electron chi connectivity index (χ3n) is 2.96. The highest BCUT2D eigenvalue weighted by Gasteiger charge is 2.19. The Kier molecular flexibility index (Phi) is 2.92. The van der Waals surface area contributed by atoms with Crippen molar-refractivity contribution in [3.05, 3.63) is 29.3 Å². The Bertz CT molecular complexity index is 566. The number of carbonyl (C=O) groups is 1. The maximum Gasteiger partial charge on any atom is 0.238 e. The molecule has 2 rings (SSSR count). The van der Waals surface area contributed by atoms with Crippen LogP contribution < -0.4 is 5.14 Å². The Morgan fingerprint density at radius 2 is 2.06 bits per heavy atom. The van der Waals surface area contributed by atoms with Crippen LogP contribution in [-0.4, -0.2) is 25.8 Å². The molecule has 92 valence electrons. The first-order valence-corrected chi connectivity index (χ1v) is 6.82. The maximum absolute atomic E-state index is 11.3. The molecule has 6 heteroatoms. The second-order valence-corrected chi connectivity index (χ2v) is 5.73. The van der Waals surface area contributed by atoms with E-state index in [1.54, 1.807) is 17.0 Å². The van der Waals surface area contributed by atoms with Gasteiger partial charge in [0.1, 0.15) is 0 Å². The smallest absolute Gasteiger partial charge is 0.238 e. The summed E-state index contributed by atoms with van der Waals surface area (Å²) in [5, 5.41) is 5.08. The maximum atomic E-state index is 11.3. The van der Waals surface area contributed by atoms with E-state index < -0.39 is 10.0 Å². The van der Waals surface area contributed by atoms with E-state index in [1.807, 2.05) is 0 Å². The van der Waals surface area contributed by atoms with Crippen molar-refractivity contribution >= 4 is 15.9 Å². The van der Waals surface area contributed by atoms with Crippen LogP contribution in [0.4, 0.5) is 0 Å². The first kappa shape index (κ1) is 12.1. The van der Waals surface area contributed by atoms with E-state index >= 15 is 0 Å². The number of sulfonamides is 1. The quantitative estimate of drug-likeness (QED) is 0.779. The van der Waals surface area contributed by atoms with Crippen molar-refractivity contribution in [1.82, 2.24) is 4.90 Å². The molecule has 17 heavy (non-hydrogen) atoms. The van der Waals surface area contributed by atoms with Crippen LogP contribution in [0.15, 0.2) is 23.1 Å². The molecule has 5 nitrogen and oxygen atoms in total. The van der Waals surface area contributed by atoms with Gasteiger partial charge in [0, 0.05) is 20.0 Å². The fraction of sp³-hybridized carbons (Fsp3) is 0.364. The van der Waals surface area contributed by atoms with Gasteiger partial charge in [-0.2, -0.15) is 0 Å². The summed E-state index contributed by atoms with van der Waals surface area (Å²) in [7, 11) is -3.68. The van der Waals surface area contributed by atoms with Gasteiger partial charge in [0.15, 0.2) is 0 Å². The van der Waals surface area contributed by atoms with Gasteiger partial charge in [-0.15, -0.1) is 0 Å². The molecule has 0 aliphatic carbocycles. The van der Waals surface area contributed by atoms with E-state index in [9.17, 15) is 13.2 Å². The Balaban J connectivity index is 2.39. The lowest BCUT2D eigenvalue weighted by Gasteiger charge is -2.28. The monoisotopic (exact) mass is 254 g/mol. The standard InChI is InChI=1S/C11H14N2O3S/c1-8(14)13-5-4-9-2-3-11(17(12,15)16)6-10(9)7-13/h2-3,6H,4-5,7H2,1H3,(H2,12,15,16). The van der Waals surface area contributed by atoms with Crippen molar-refractivity contribution in [3.8, 4) is 0 Å². The summed E-state index contributed by atoms with van der Waals surface area (Å²) in [5.41, 5.74) is 1.94. The lowest BCUT2D eigenvalue weighted by Crippen LogP contribution is -2.34. The van der Waals surface area contributed by atoms with Crippen LogP contribution in [-0.2, 0) is 27.8 Å². The number of rotatable bonds is 1. The molecule has 1 aromatic carbocycles. The second-order valence-electron chi connectivity index (χ2n) is 4.17. The lowest BCUT2D eigenvalue weighted by atomic mass is 10.00. The molecule has 0 radical (unpaired) electrons. The average molecular weight is 254 g/mol. The van der Waals surface area contributed by atoms with E-state index in [-0.39, 0.29) is 10.8 Å². The fourth-order valence-electron chi connectivity index (χ4n) is 1.98. The Morgan fingerprint density at radius 1 is 1.35 bits per heavy atom. The van der Waals surface area contributed by atoms with Gasteiger partial charge in [-0.05, 0) is 29.7 Å². The molecule has 2 N–H and O–H groups in total.